The fourth-order valence-electron chi connectivity index (χ4n) is 4.57. The molecule has 0 radical (unpaired) electrons. The van der Waals surface area contributed by atoms with E-state index in [0.29, 0.717) is 11.8 Å². The molecule has 2 aromatic carbocycles. The number of rotatable bonds is 5. The van der Waals surface area contributed by atoms with Crippen LogP contribution in [-0.2, 0) is 6.42 Å². The number of nitrogens with zero attached hydrogens (tertiary/aromatic N) is 1. The molecule has 1 aliphatic carbocycles. The zero-order chi connectivity index (χ0) is 21.1. The topological polar surface area (TPSA) is 42.0 Å². The molecule has 3 heteroatoms. The number of benzene rings is 2. The smallest absolute Gasteiger partial charge is 0.252 e. The Morgan fingerprint density at radius 2 is 1.80 bits per heavy atom. The number of nitrogens with one attached hydrogen (secondary N) is 1. The molecule has 1 fully saturated rings. The lowest BCUT2D eigenvalue weighted by atomic mass is 9.85. The lowest BCUT2D eigenvalue weighted by Gasteiger charge is -2.29. The number of amides is 1. The van der Waals surface area contributed by atoms with Crippen molar-refractivity contribution in [3.8, 4) is 11.3 Å². The van der Waals surface area contributed by atoms with Gasteiger partial charge in [-0.15, -0.1) is 0 Å². The molecule has 0 bridgehead atoms. The van der Waals surface area contributed by atoms with E-state index in [9.17, 15) is 4.79 Å². The molecule has 1 aliphatic rings. The summed E-state index contributed by atoms with van der Waals surface area (Å²) in [6.07, 6.45) is 5.79. The number of fused-ring (bicyclic) bond motifs is 1. The first-order valence-electron chi connectivity index (χ1n) is 11.3. The fourth-order valence-corrected chi connectivity index (χ4v) is 4.57. The van der Waals surface area contributed by atoms with Crippen molar-refractivity contribution in [2.24, 2.45) is 11.8 Å². The molecule has 4 rings (SSSR count). The van der Waals surface area contributed by atoms with Gasteiger partial charge in [-0.1, -0.05) is 76.1 Å². The molecule has 0 aliphatic heterocycles. The molecule has 156 valence electrons. The van der Waals surface area contributed by atoms with E-state index in [1.54, 1.807) is 0 Å². The predicted molar refractivity (Wildman–Crippen MR) is 125 cm³/mol. The first-order chi connectivity index (χ1) is 14.5. The molecule has 1 heterocycles. The largest absolute Gasteiger partial charge is 0.349 e. The van der Waals surface area contributed by atoms with Gasteiger partial charge in [0.15, 0.2) is 0 Å². The van der Waals surface area contributed by atoms with Crippen LogP contribution in [0.3, 0.4) is 0 Å². The molecule has 1 aromatic heterocycles. The van der Waals surface area contributed by atoms with Gasteiger partial charge in [0.1, 0.15) is 0 Å². The van der Waals surface area contributed by atoms with E-state index in [0.717, 1.165) is 40.6 Å². The Kier molecular flexibility index (Phi) is 6.17. The Morgan fingerprint density at radius 3 is 2.53 bits per heavy atom. The van der Waals surface area contributed by atoms with E-state index < -0.39 is 0 Å². The minimum atomic E-state index is 0.0185. The third-order valence-electron chi connectivity index (χ3n) is 6.28. The first kappa shape index (κ1) is 20.6. The first-order valence-corrected chi connectivity index (χ1v) is 11.3. The maximum absolute atomic E-state index is 13.3. The maximum Gasteiger partial charge on any atom is 0.252 e. The summed E-state index contributed by atoms with van der Waals surface area (Å²) in [6.45, 7) is 6.71. The van der Waals surface area contributed by atoms with Gasteiger partial charge < -0.3 is 5.32 Å². The van der Waals surface area contributed by atoms with Crippen LogP contribution in [0.5, 0.6) is 0 Å². The second-order valence-electron chi connectivity index (χ2n) is 9.21. The molecule has 1 amide bonds. The van der Waals surface area contributed by atoms with Crippen LogP contribution >= 0.6 is 0 Å². The fraction of sp³-hybridized carbons (Fsp3) is 0.407. The Labute approximate surface area is 179 Å². The Morgan fingerprint density at radius 1 is 1.07 bits per heavy atom. The summed E-state index contributed by atoms with van der Waals surface area (Å²) in [7, 11) is 0. The van der Waals surface area contributed by atoms with Gasteiger partial charge in [0.2, 0.25) is 0 Å². The maximum atomic E-state index is 13.3. The highest BCUT2D eigenvalue weighted by molar-refractivity contribution is 6.07. The van der Waals surface area contributed by atoms with Crippen LogP contribution in [0.15, 0.2) is 54.6 Å². The van der Waals surface area contributed by atoms with Gasteiger partial charge in [-0.05, 0) is 48.8 Å². The van der Waals surface area contributed by atoms with Gasteiger partial charge in [0, 0.05) is 17.0 Å². The molecule has 3 aromatic rings. The van der Waals surface area contributed by atoms with E-state index in [4.69, 9.17) is 4.98 Å². The summed E-state index contributed by atoms with van der Waals surface area (Å²) in [5.41, 5.74) is 4.82. The molecular formula is C27H32N2O. The van der Waals surface area contributed by atoms with Crippen LogP contribution < -0.4 is 5.32 Å². The third-order valence-corrected chi connectivity index (χ3v) is 6.28. The van der Waals surface area contributed by atoms with Crippen LogP contribution in [0.2, 0.25) is 0 Å². The Balaban J connectivity index is 1.68. The molecule has 0 spiro atoms. The van der Waals surface area contributed by atoms with Crippen molar-refractivity contribution in [2.75, 3.05) is 0 Å². The quantitative estimate of drug-likeness (QED) is 0.538. The molecule has 2 atom stereocenters. The van der Waals surface area contributed by atoms with Crippen LogP contribution in [0.25, 0.3) is 22.2 Å². The summed E-state index contributed by atoms with van der Waals surface area (Å²) in [4.78, 5) is 18.2. The van der Waals surface area contributed by atoms with E-state index in [2.05, 4.69) is 50.4 Å². The van der Waals surface area contributed by atoms with E-state index in [1.165, 1.54) is 24.8 Å². The Bertz CT molecular complexity index is 1020. The molecular weight excluding hydrogens is 368 g/mol. The summed E-state index contributed by atoms with van der Waals surface area (Å²) < 4.78 is 0. The number of aromatic nitrogens is 1. The number of hydrogen-bond donors (Lipinski definition) is 1. The molecule has 30 heavy (non-hydrogen) atoms. The van der Waals surface area contributed by atoms with Crippen LogP contribution in [-0.4, -0.2) is 16.9 Å². The van der Waals surface area contributed by atoms with Crippen molar-refractivity contribution in [3.63, 3.8) is 0 Å². The van der Waals surface area contributed by atoms with Crippen molar-refractivity contribution in [1.29, 1.82) is 0 Å². The Hall–Kier alpha value is -2.68. The highest BCUT2D eigenvalue weighted by Gasteiger charge is 2.24. The van der Waals surface area contributed by atoms with Crippen molar-refractivity contribution in [2.45, 2.75) is 58.9 Å². The highest BCUT2D eigenvalue weighted by Crippen LogP contribution is 2.28. The average molecular weight is 401 g/mol. The summed E-state index contributed by atoms with van der Waals surface area (Å²) >= 11 is 0. The molecule has 1 N–H and O–H groups in total. The zero-order valence-electron chi connectivity index (χ0n) is 18.3. The van der Waals surface area contributed by atoms with Gasteiger partial charge in [-0.2, -0.15) is 0 Å². The minimum Gasteiger partial charge on any atom is -0.349 e. The SMILES string of the molecule is CC(C)Cc1ccc(-c2cc(C(=O)N[C@H]3CCCC[C@H]3C)c3ccccc3n2)cc1. The molecule has 0 saturated heterocycles. The number of carbonyl (C=O) groups excluding carboxylic acids is 1. The zero-order valence-corrected chi connectivity index (χ0v) is 18.3. The number of para-hydroxylation sites is 1. The lowest BCUT2D eigenvalue weighted by molar-refractivity contribution is 0.0912. The summed E-state index contributed by atoms with van der Waals surface area (Å²) in [5, 5.41) is 4.24. The van der Waals surface area contributed by atoms with Gasteiger partial charge >= 0.3 is 0 Å². The summed E-state index contributed by atoms with van der Waals surface area (Å²) in [5.74, 6) is 1.18. The van der Waals surface area contributed by atoms with Crippen LogP contribution in [0.4, 0.5) is 0 Å². The van der Waals surface area contributed by atoms with Gasteiger partial charge in [0.05, 0.1) is 16.8 Å². The monoisotopic (exact) mass is 400 g/mol. The number of carbonyl (C=O) groups is 1. The van der Waals surface area contributed by atoms with Crippen LogP contribution in [0.1, 0.15) is 62.4 Å². The molecule has 3 nitrogen and oxygen atoms in total. The molecule has 1 saturated carbocycles. The normalized spacial score (nSPS) is 19.2. The third kappa shape index (κ3) is 4.56. The summed E-state index contributed by atoms with van der Waals surface area (Å²) in [6, 6.07) is 18.8. The van der Waals surface area contributed by atoms with E-state index in [1.807, 2.05) is 30.3 Å². The van der Waals surface area contributed by atoms with Crippen molar-refractivity contribution in [3.05, 3.63) is 65.7 Å². The van der Waals surface area contributed by atoms with E-state index in [-0.39, 0.29) is 11.9 Å². The second kappa shape index (κ2) is 8.99. The lowest BCUT2D eigenvalue weighted by Crippen LogP contribution is -2.41. The minimum absolute atomic E-state index is 0.0185. The van der Waals surface area contributed by atoms with Gasteiger partial charge in [-0.25, -0.2) is 4.98 Å². The van der Waals surface area contributed by atoms with Crippen molar-refractivity contribution in [1.82, 2.24) is 10.3 Å². The van der Waals surface area contributed by atoms with E-state index >= 15 is 0 Å². The highest BCUT2D eigenvalue weighted by atomic mass is 16.1. The van der Waals surface area contributed by atoms with Crippen LogP contribution in [0, 0.1) is 11.8 Å². The number of hydrogen-bond acceptors (Lipinski definition) is 2. The average Bonchev–Trinajstić information content (AvgIpc) is 2.74. The number of pyridine rings is 1. The predicted octanol–water partition coefficient (Wildman–Crippen LogP) is 6.41. The van der Waals surface area contributed by atoms with Gasteiger partial charge in [-0.3, -0.25) is 4.79 Å². The standard InChI is InChI=1S/C27H32N2O/c1-18(2)16-20-12-14-21(15-13-20)26-17-23(22-9-5-7-11-25(22)28-26)27(30)29-24-10-6-4-8-19(24)3/h5,7,9,11-15,17-19,24H,4,6,8,10,16H2,1-3H3,(H,29,30)/t19-,24+/m1/s1. The van der Waals surface area contributed by atoms with Crippen molar-refractivity contribution >= 4 is 16.8 Å². The second-order valence-corrected chi connectivity index (χ2v) is 9.21. The molecule has 0 unspecified atom stereocenters. The van der Waals surface area contributed by atoms with Crippen molar-refractivity contribution < 1.29 is 4.79 Å². The van der Waals surface area contributed by atoms with Gasteiger partial charge in [0.25, 0.3) is 5.91 Å².